The number of carbonyl (C=O) groups excluding carboxylic acids is 1. The molecular weight excluding hydrogens is 273 g/mol. The van der Waals surface area contributed by atoms with E-state index in [2.05, 4.69) is 4.18 Å². The van der Waals surface area contributed by atoms with Crippen molar-refractivity contribution in [2.45, 2.75) is 44.2 Å². The average Bonchev–Trinajstić information content (AvgIpc) is 2.65. The molecule has 0 aromatic heterocycles. The quantitative estimate of drug-likeness (QED) is 0.575. The van der Waals surface area contributed by atoms with Gasteiger partial charge >= 0.3 is 15.6 Å². The molecule has 0 aliphatic heterocycles. The van der Waals surface area contributed by atoms with Gasteiger partial charge in [0, 0.05) is 5.41 Å². The lowest BCUT2D eigenvalue weighted by atomic mass is 9.75. The van der Waals surface area contributed by atoms with Crippen LogP contribution >= 0.6 is 0 Å². The molecule has 4 nitrogen and oxygen atoms in total. The first-order valence-corrected chi connectivity index (χ1v) is 6.90. The van der Waals surface area contributed by atoms with Crippen molar-refractivity contribution in [2.24, 2.45) is 11.3 Å². The molecule has 2 bridgehead atoms. The largest absolute Gasteiger partial charge is 0.523 e. The number of hydrogen-bond acceptors (Lipinski definition) is 4. The highest BCUT2D eigenvalue weighted by Gasteiger charge is 2.66. The Bertz CT molecular complexity index is 494. The predicted molar refractivity (Wildman–Crippen MR) is 54.9 cm³/mol. The van der Waals surface area contributed by atoms with Crippen LogP contribution in [0.15, 0.2) is 0 Å². The van der Waals surface area contributed by atoms with Gasteiger partial charge in [-0.2, -0.15) is 21.6 Å². The molecule has 2 aliphatic rings. The summed E-state index contributed by atoms with van der Waals surface area (Å²) in [5.74, 6) is -0.660. The van der Waals surface area contributed by atoms with Gasteiger partial charge in [-0.05, 0) is 25.2 Å². The number of Topliss-reactive ketones (excluding diaryl/α,β-unsaturated/α-hetero) is 1. The number of hydrogen-bond donors (Lipinski definition) is 0. The van der Waals surface area contributed by atoms with Crippen LogP contribution in [0.2, 0.25) is 0 Å². The Morgan fingerprint density at radius 2 is 1.89 bits per heavy atom. The van der Waals surface area contributed by atoms with Crippen LogP contribution in [0.1, 0.15) is 33.1 Å². The minimum absolute atomic E-state index is 0.0369. The Hall–Kier alpha value is -0.630. The van der Waals surface area contributed by atoms with Gasteiger partial charge < -0.3 is 0 Å². The highest BCUT2D eigenvalue weighted by molar-refractivity contribution is 7.87. The zero-order valence-corrected chi connectivity index (χ0v) is 10.7. The highest BCUT2D eigenvalue weighted by atomic mass is 32.2. The van der Waals surface area contributed by atoms with E-state index in [4.69, 9.17) is 0 Å². The Morgan fingerprint density at radius 3 is 2.28 bits per heavy atom. The second-order valence-corrected chi connectivity index (χ2v) is 7.01. The Labute approximate surface area is 103 Å². The van der Waals surface area contributed by atoms with E-state index in [-0.39, 0.29) is 18.8 Å². The molecule has 18 heavy (non-hydrogen) atoms. The van der Waals surface area contributed by atoms with Gasteiger partial charge in [0.05, 0.1) is 0 Å². The Kier molecular flexibility index (Phi) is 2.66. The molecule has 2 fully saturated rings. The summed E-state index contributed by atoms with van der Waals surface area (Å²) in [5, 5.41) is 0. The van der Waals surface area contributed by atoms with E-state index in [9.17, 15) is 26.4 Å². The first-order chi connectivity index (χ1) is 7.92. The third kappa shape index (κ3) is 1.69. The molecule has 8 heteroatoms. The SMILES string of the molecule is CC1(C)C(=O)C2(OS(=O)(=O)C(F)(F)F)CCC1C2. The van der Waals surface area contributed by atoms with Crippen LogP contribution in [0.4, 0.5) is 13.2 Å². The summed E-state index contributed by atoms with van der Waals surface area (Å²) in [6.45, 7) is 3.23. The number of rotatable bonds is 2. The van der Waals surface area contributed by atoms with Gasteiger partial charge in [0.1, 0.15) is 5.60 Å². The van der Waals surface area contributed by atoms with E-state index in [1.807, 2.05) is 0 Å². The maximum Gasteiger partial charge on any atom is 0.523 e. The molecule has 104 valence electrons. The fourth-order valence-electron chi connectivity index (χ4n) is 2.98. The van der Waals surface area contributed by atoms with Gasteiger partial charge in [-0.3, -0.25) is 4.79 Å². The van der Waals surface area contributed by atoms with E-state index >= 15 is 0 Å². The van der Waals surface area contributed by atoms with Crippen LogP contribution in [0.5, 0.6) is 0 Å². The summed E-state index contributed by atoms with van der Waals surface area (Å²) in [6.07, 6.45) is 0.593. The molecule has 0 N–H and O–H groups in total. The van der Waals surface area contributed by atoms with Crippen LogP contribution < -0.4 is 0 Å². The zero-order valence-electron chi connectivity index (χ0n) is 9.87. The molecule has 0 amide bonds. The molecule has 2 saturated carbocycles. The maximum absolute atomic E-state index is 12.3. The van der Waals surface area contributed by atoms with E-state index in [1.54, 1.807) is 13.8 Å². The lowest BCUT2D eigenvalue weighted by molar-refractivity contribution is -0.141. The lowest BCUT2D eigenvalue weighted by Gasteiger charge is -2.32. The van der Waals surface area contributed by atoms with Crippen molar-refractivity contribution in [3.8, 4) is 0 Å². The summed E-state index contributed by atoms with van der Waals surface area (Å²) < 4.78 is 63.3. The van der Waals surface area contributed by atoms with E-state index < -0.39 is 32.4 Å². The first-order valence-electron chi connectivity index (χ1n) is 5.49. The van der Waals surface area contributed by atoms with Crippen molar-refractivity contribution in [3.63, 3.8) is 0 Å². The number of carbonyl (C=O) groups is 1. The van der Waals surface area contributed by atoms with Crippen molar-refractivity contribution < 1.29 is 30.6 Å². The van der Waals surface area contributed by atoms with Crippen LogP contribution in [0.25, 0.3) is 0 Å². The van der Waals surface area contributed by atoms with E-state index in [0.717, 1.165) is 0 Å². The van der Waals surface area contributed by atoms with Gasteiger partial charge in [0.2, 0.25) is 0 Å². The molecule has 0 saturated heterocycles. The summed E-state index contributed by atoms with van der Waals surface area (Å²) in [7, 11) is -5.73. The summed E-state index contributed by atoms with van der Waals surface area (Å²) in [6, 6.07) is 0. The molecule has 0 spiro atoms. The minimum Gasteiger partial charge on any atom is -0.296 e. The monoisotopic (exact) mass is 286 g/mol. The first kappa shape index (κ1) is 13.8. The molecule has 2 atom stereocenters. The van der Waals surface area contributed by atoms with Gasteiger partial charge in [0.15, 0.2) is 5.78 Å². The van der Waals surface area contributed by atoms with Crippen LogP contribution in [-0.4, -0.2) is 25.3 Å². The van der Waals surface area contributed by atoms with Gasteiger partial charge in [-0.15, -0.1) is 0 Å². The lowest BCUT2D eigenvalue weighted by Crippen LogP contribution is -2.46. The van der Waals surface area contributed by atoms with Crippen molar-refractivity contribution in [1.29, 1.82) is 0 Å². The molecule has 0 radical (unpaired) electrons. The normalized spacial score (nSPS) is 35.2. The summed E-state index contributed by atoms with van der Waals surface area (Å²) in [5.41, 5.74) is -8.12. The molecular formula is C10H13F3O4S. The predicted octanol–water partition coefficient (Wildman–Crippen LogP) is 2.00. The average molecular weight is 286 g/mol. The maximum atomic E-state index is 12.3. The Morgan fingerprint density at radius 1 is 1.33 bits per heavy atom. The number of alkyl halides is 3. The number of ketones is 1. The summed E-state index contributed by atoms with van der Waals surface area (Å²) >= 11 is 0. The van der Waals surface area contributed by atoms with Crippen LogP contribution in [0, 0.1) is 11.3 Å². The molecule has 0 aromatic rings. The molecule has 2 aliphatic carbocycles. The van der Waals surface area contributed by atoms with Gasteiger partial charge in [-0.1, -0.05) is 13.8 Å². The van der Waals surface area contributed by atoms with Crippen LogP contribution in [-0.2, 0) is 19.1 Å². The fraction of sp³-hybridized carbons (Fsp3) is 0.900. The van der Waals surface area contributed by atoms with Gasteiger partial charge in [0.25, 0.3) is 0 Å². The highest BCUT2D eigenvalue weighted by Crippen LogP contribution is 2.57. The third-order valence-corrected chi connectivity index (χ3v) is 5.15. The van der Waals surface area contributed by atoms with E-state index in [1.165, 1.54) is 0 Å². The van der Waals surface area contributed by atoms with Crippen LogP contribution in [0.3, 0.4) is 0 Å². The summed E-state index contributed by atoms with van der Waals surface area (Å²) in [4.78, 5) is 12.1. The fourth-order valence-corrected chi connectivity index (χ4v) is 3.72. The second kappa shape index (κ2) is 3.47. The molecule has 2 unspecified atom stereocenters. The minimum atomic E-state index is -5.73. The Balaban J connectivity index is 2.34. The molecule has 0 heterocycles. The second-order valence-electron chi connectivity index (χ2n) is 5.47. The molecule has 0 aromatic carbocycles. The molecule has 2 rings (SSSR count). The van der Waals surface area contributed by atoms with Crippen molar-refractivity contribution in [2.75, 3.05) is 0 Å². The third-order valence-electron chi connectivity index (χ3n) is 4.05. The number of fused-ring (bicyclic) bond motifs is 2. The number of halogens is 3. The zero-order chi connectivity index (χ0) is 14.0. The van der Waals surface area contributed by atoms with Crippen molar-refractivity contribution in [1.82, 2.24) is 0 Å². The van der Waals surface area contributed by atoms with Gasteiger partial charge in [-0.25, -0.2) is 4.18 Å². The van der Waals surface area contributed by atoms with Crippen molar-refractivity contribution >= 4 is 15.9 Å². The topological polar surface area (TPSA) is 60.4 Å². The smallest absolute Gasteiger partial charge is 0.296 e. The van der Waals surface area contributed by atoms with E-state index in [0.29, 0.717) is 6.42 Å². The van der Waals surface area contributed by atoms with Crippen molar-refractivity contribution in [3.05, 3.63) is 0 Å². The standard InChI is InChI=1S/C10H13F3O4S/c1-8(2)6-3-4-9(5-6,7(8)14)17-18(15,16)10(11,12)13/h6H,3-5H2,1-2H3.